The van der Waals surface area contributed by atoms with Crippen molar-refractivity contribution < 1.29 is 18.4 Å². The predicted octanol–water partition coefficient (Wildman–Crippen LogP) is 10.2. The Labute approximate surface area is 322 Å². The van der Waals surface area contributed by atoms with E-state index in [9.17, 15) is 19.2 Å². The molecule has 0 saturated carbocycles. The number of carbonyl (C=O) groups excluding carboxylic acids is 2. The van der Waals surface area contributed by atoms with E-state index < -0.39 is 11.3 Å². The second kappa shape index (κ2) is 16.0. The van der Waals surface area contributed by atoms with Crippen LogP contribution in [0.1, 0.15) is 43.0 Å². The Hall–Kier alpha value is -7.32. The fraction of sp³-hybridized carbons (Fsp3) is 0.0833. The van der Waals surface area contributed by atoms with Crippen LogP contribution in [0, 0.1) is 13.8 Å². The maximum atomic E-state index is 12.8. The van der Waals surface area contributed by atoms with E-state index >= 15 is 0 Å². The average Bonchev–Trinajstić information content (AvgIpc) is 3.20. The Bertz CT molecular complexity index is 2740. The van der Waals surface area contributed by atoms with Crippen molar-refractivity contribution in [3.05, 3.63) is 201 Å². The molecule has 0 unspecified atom stereocenters. The molecule has 8 aromatic rings. The lowest BCUT2D eigenvalue weighted by atomic mass is 10.0. The monoisotopic (exact) mass is 738 g/mol. The van der Waals surface area contributed by atoms with Gasteiger partial charge >= 0.3 is 11.3 Å². The Morgan fingerprint density at radius 1 is 0.500 bits per heavy atom. The smallest absolute Gasteiger partial charge is 0.347 e. The third-order valence-electron chi connectivity index (χ3n) is 9.40. The Kier molecular flexibility index (Phi) is 10.5. The molecule has 6 aromatic carbocycles. The molecule has 0 aliphatic heterocycles. The van der Waals surface area contributed by atoms with E-state index in [2.05, 4.69) is 23.8 Å². The number of hydrogen-bond donors (Lipinski definition) is 2. The maximum Gasteiger partial charge on any atom is 0.347 e. The summed E-state index contributed by atoms with van der Waals surface area (Å²) >= 11 is 0. The molecule has 0 atom stereocenters. The molecule has 8 heteroatoms. The molecule has 0 radical (unpaired) electrons. The van der Waals surface area contributed by atoms with Crippen molar-refractivity contribution in [1.29, 1.82) is 0 Å². The first-order valence-electron chi connectivity index (χ1n) is 18.1. The lowest BCUT2D eigenvalue weighted by Gasteiger charge is -2.07. The fourth-order valence-corrected chi connectivity index (χ4v) is 6.37. The second-order valence-corrected chi connectivity index (χ2v) is 13.5. The van der Waals surface area contributed by atoms with E-state index in [-0.39, 0.29) is 22.7 Å². The van der Waals surface area contributed by atoms with Gasteiger partial charge < -0.3 is 19.5 Å². The van der Waals surface area contributed by atoms with Crippen LogP contribution in [0.5, 0.6) is 0 Å². The first kappa shape index (κ1) is 37.0. The Balaban J connectivity index is 0.000000172. The van der Waals surface area contributed by atoms with Gasteiger partial charge in [0, 0.05) is 46.4 Å². The molecule has 0 aliphatic carbocycles. The molecule has 2 heterocycles. The van der Waals surface area contributed by atoms with Crippen molar-refractivity contribution in [2.45, 2.75) is 13.8 Å². The highest BCUT2D eigenvalue weighted by Crippen LogP contribution is 2.27. The van der Waals surface area contributed by atoms with Crippen LogP contribution < -0.4 is 21.9 Å². The van der Waals surface area contributed by atoms with E-state index in [1.54, 1.807) is 48.6 Å². The molecule has 0 amide bonds. The zero-order chi connectivity index (χ0) is 39.3. The molecular weight excluding hydrogens is 701 g/mol. The summed E-state index contributed by atoms with van der Waals surface area (Å²) in [5.41, 5.74) is 4.70. The van der Waals surface area contributed by atoms with Gasteiger partial charge in [-0.25, -0.2) is 9.59 Å². The minimum atomic E-state index is -0.627. The van der Waals surface area contributed by atoms with Crippen molar-refractivity contribution in [2.24, 2.45) is 0 Å². The van der Waals surface area contributed by atoms with Gasteiger partial charge in [0.05, 0.1) is 0 Å². The van der Waals surface area contributed by atoms with Gasteiger partial charge in [0.2, 0.25) is 0 Å². The van der Waals surface area contributed by atoms with Gasteiger partial charge in [-0.15, -0.1) is 13.2 Å². The topological polar surface area (TPSA) is 119 Å². The molecule has 0 fully saturated rings. The largest absolute Gasteiger partial charge is 0.422 e. The van der Waals surface area contributed by atoms with Crippen molar-refractivity contribution in [2.75, 3.05) is 23.7 Å². The molecule has 0 saturated heterocycles. The minimum absolute atomic E-state index is 0.0416. The number of ketones is 2. The van der Waals surface area contributed by atoms with Crippen molar-refractivity contribution >= 4 is 66.4 Å². The van der Waals surface area contributed by atoms with Crippen LogP contribution in [0.3, 0.4) is 0 Å². The van der Waals surface area contributed by atoms with E-state index in [1.807, 2.05) is 98.8 Å². The van der Waals surface area contributed by atoms with E-state index in [0.29, 0.717) is 35.4 Å². The quantitative estimate of drug-likeness (QED) is 0.0616. The minimum Gasteiger partial charge on any atom is -0.422 e. The van der Waals surface area contributed by atoms with E-state index in [4.69, 9.17) is 8.83 Å². The fourth-order valence-electron chi connectivity index (χ4n) is 6.37. The third-order valence-corrected chi connectivity index (χ3v) is 9.40. The number of aryl methyl sites for hydroxylation is 2. The summed E-state index contributed by atoms with van der Waals surface area (Å²) in [6.45, 7) is 12.6. The highest BCUT2D eigenvalue weighted by atomic mass is 16.4. The van der Waals surface area contributed by atoms with Crippen LogP contribution in [-0.2, 0) is 0 Å². The molecule has 2 aromatic heterocycles. The number of fused-ring (bicyclic) bond motifs is 4. The summed E-state index contributed by atoms with van der Waals surface area (Å²) in [7, 11) is 0. The lowest BCUT2D eigenvalue weighted by Crippen LogP contribution is -2.14. The summed E-state index contributed by atoms with van der Waals surface area (Å²) < 4.78 is 11.0. The van der Waals surface area contributed by atoms with Crippen LogP contribution in [0.4, 0.5) is 11.4 Å². The van der Waals surface area contributed by atoms with Crippen molar-refractivity contribution in [1.82, 2.24) is 0 Å². The SMILES string of the molecule is C=CCNc1ccc2cc3cc(C(=O)c4ccc(C)cc4)c(=O)oc3cc2c1.C=CCNc1ccc2cc3cc(C(=O)c4ccc(C)cc4)c(=O)oc3cc2c1. The first-order chi connectivity index (χ1) is 27.1. The molecular formula is C48H38N2O6. The highest BCUT2D eigenvalue weighted by molar-refractivity contribution is 6.11. The summed E-state index contributed by atoms with van der Waals surface area (Å²) in [5.74, 6) is -0.667. The summed E-state index contributed by atoms with van der Waals surface area (Å²) in [6, 6.07) is 36.9. The summed E-state index contributed by atoms with van der Waals surface area (Å²) in [5, 5.41) is 11.8. The number of benzene rings is 6. The first-order valence-corrected chi connectivity index (χ1v) is 18.1. The average molecular weight is 739 g/mol. The van der Waals surface area contributed by atoms with Crippen LogP contribution >= 0.6 is 0 Å². The zero-order valence-electron chi connectivity index (χ0n) is 31.0. The van der Waals surface area contributed by atoms with Crippen LogP contribution in [-0.4, -0.2) is 24.7 Å². The number of hydrogen-bond acceptors (Lipinski definition) is 8. The number of anilines is 2. The Morgan fingerprint density at radius 2 is 0.893 bits per heavy atom. The van der Waals surface area contributed by atoms with Crippen molar-refractivity contribution in [3.8, 4) is 0 Å². The molecule has 0 aliphatic rings. The maximum absolute atomic E-state index is 12.8. The molecule has 0 bridgehead atoms. The molecule has 2 N–H and O–H groups in total. The number of nitrogens with one attached hydrogen (secondary N) is 2. The molecule has 8 nitrogen and oxygen atoms in total. The molecule has 8 rings (SSSR count). The van der Waals surface area contributed by atoms with Crippen LogP contribution in [0.25, 0.3) is 43.5 Å². The van der Waals surface area contributed by atoms with Crippen LogP contribution in [0.15, 0.2) is 165 Å². The van der Waals surface area contributed by atoms with Gasteiger partial charge in [0.1, 0.15) is 22.3 Å². The van der Waals surface area contributed by atoms with Gasteiger partial charge in [-0.05, 0) is 96.1 Å². The van der Waals surface area contributed by atoms with E-state index in [1.165, 1.54) is 0 Å². The summed E-state index contributed by atoms with van der Waals surface area (Å²) in [4.78, 5) is 50.4. The van der Waals surface area contributed by atoms with Gasteiger partial charge in [0.15, 0.2) is 11.6 Å². The number of carbonyl (C=O) groups is 2. The lowest BCUT2D eigenvalue weighted by molar-refractivity contribution is 0.102. The second-order valence-electron chi connectivity index (χ2n) is 13.5. The summed E-state index contributed by atoms with van der Waals surface area (Å²) in [6.07, 6.45) is 3.58. The molecule has 276 valence electrons. The van der Waals surface area contributed by atoms with Gasteiger partial charge in [-0.1, -0.05) is 83.9 Å². The van der Waals surface area contributed by atoms with Crippen LogP contribution in [0.2, 0.25) is 0 Å². The normalized spacial score (nSPS) is 10.9. The third kappa shape index (κ3) is 7.95. The molecule has 56 heavy (non-hydrogen) atoms. The van der Waals surface area contributed by atoms with Gasteiger partial charge in [-0.3, -0.25) is 9.59 Å². The van der Waals surface area contributed by atoms with Gasteiger partial charge in [0.25, 0.3) is 0 Å². The standard InChI is InChI=1S/2C24H19NO3/c2*1-3-10-25-20-9-8-17-11-19-13-21(23(26)16-6-4-15(2)5-7-16)24(27)28-22(19)14-18(17)12-20/h2*3-9,11-14,25H,1,10H2,2H3. The molecule has 0 spiro atoms. The predicted molar refractivity (Wildman–Crippen MR) is 227 cm³/mol. The van der Waals surface area contributed by atoms with E-state index in [0.717, 1.165) is 54.8 Å². The zero-order valence-corrected chi connectivity index (χ0v) is 31.0. The number of rotatable bonds is 10. The highest BCUT2D eigenvalue weighted by Gasteiger charge is 2.18. The van der Waals surface area contributed by atoms with Gasteiger partial charge in [-0.2, -0.15) is 0 Å². The van der Waals surface area contributed by atoms with Crippen molar-refractivity contribution in [3.63, 3.8) is 0 Å². The Morgan fingerprint density at radius 3 is 1.27 bits per heavy atom.